The van der Waals surface area contributed by atoms with E-state index in [1.54, 1.807) is 0 Å². The maximum atomic E-state index is 12.3. The minimum absolute atomic E-state index is 0.304. The molecule has 1 atom stereocenters. The highest BCUT2D eigenvalue weighted by molar-refractivity contribution is 8.00. The molecule has 0 aliphatic heterocycles. The van der Waals surface area contributed by atoms with E-state index in [0.29, 0.717) is 0 Å². The largest absolute Gasteiger partial charge is 0.508 e. The fourth-order valence-corrected chi connectivity index (χ4v) is 1.72. The topological polar surface area (TPSA) is 46.2 Å². The molecule has 0 spiro atoms. The van der Waals surface area contributed by atoms with Crippen LogP contribution in [0.3, 0.4) is 0 Å². The molecule has 0 aliphatic carbocycles. The minimum Gasteiger partial charge on any atom is -0.508 e. The molecule has 3 N–H and O–H groups in total. The fourth-order valence-electron chi connectivity index (χ4n) is 1.13. The van der Waals surface area contributed by atoms with Gasteiger partial charge in [0, 0.05) is 10.5 Å². The maximum absolute atomic E-state index is 12.3. The van der Waals surface area contributed by atoms with Crippen LogP contribution in [0, 0.1) is 0 Å². The molecule has 0 aliphatic rings. The number of aromatic hydroxyl groups is 1. The van der Waals surface area contributed by atoms with Gasteiger partial charge in [-0.1, -0.05) is 0 Å². The van der Waals surface area contributed by atoms with E-state index in [-0.39, 0.29) is 4.90 Å². The van der Waals surface area contributed by atoms with Crippen molar-refractivity contribution in [3.63, 3.8) is 0 Å². The zero-order chi connectivity index (χ0) is 13.2. The van der Waals surface area contributed by atoms with Gasteiger partial charge in [-0.3, -0.25) is 0 Å². The molecule has 2 nitrogen and oxygen atoms in total. The molecule has 0 unspecified atom stereocenters. The van der Waals surface area contributed by atoms with E-state index in [4.69, 9.17) is 5.73 Å². The highest BCUT2D eigenvalue weighted by atomic mass is 32.2. The third-order valence-electron chi connectivity index (χ3n) is 1.86. The number of thioether (sulfide) groups is 1. The lowest BCUT2D eigenvalue weighted by Crippen LogP contribution is -2.19. The second-order valence-electron chi connectivity index (χ2n) is 3.13. The van der Waals surface area contributed by atoms with E-state index in [2.05, 4.69) is 0 Å². The zero-order valence-electron chi connectivity index (χ0n) is 8.21. The summed E-state index contributed by atoms with van der Waals surface area (Å²) in [6, 6.07) is 0.884. The molecule has 8 heteroatoms. The Hall–Kier alpha value is -1.02. The number of hydrogen-bond acceptors (Lipinski definition) is 3. The van der Waals surface area contributed by atoms with Crippen molar-refractivity contribution in [3.8, 4) is 5.75 Å². The number of nitrogens with two attached hydrogens (primary N) is 1. The molecular weight excluding hydrogens is 265 g/mol. The molecule has 1 rings (SSSR count). The third-order valence-corrected chi connectivity index (χ3v) is 2.58. The van der Waals surface area contributed by atoms with Gasteiger partial charge >= 0.3 is 5.51 Å². The van der Waals surface area contributed by atoms with Gasteiger partial charge in [-0.05, 0) is 30.0 Å². The number of rotatable bonds is 3. The summed E-state index contributed by atoms with van der Waals surface area (Å²) in [5.74, 6) is -0.552. The summed E-state index contributed by atoms with van der Waals surface area (Å²) in [5.41, 5.74) is 0.138. The number of alkyl halides is 5. The SMILES string of the molecule is N[C@@H](c1cc(SC(F)(F)F)ccc1O)C(F)F. The summed E-state index contributed by atoms with van der Waals surface area (Å²) in [7, 11) is 0. The molecule has 1 aromatic rings. The standard InChI is InChI=1S/C9H8F5NOS/c10-8(11)7(15)5-3-4(1-2-6(5)16)17-9(12,13)14/h1-3,7-8,16H,15H2/t7-/m0/s1. The summed E-state index contributed by atoms with van der Waals surface area (Å²) >= 11 is -0.459. The monoisotopic (exact) mass is 273 g/mol. The Kier molecular flexibility index (Phi) is 4.21. The highest BCUT2D eigenvalue weighted by Gasteiger charge is 2.30. The number of hydrogen-bond donors (Lipinski definition) is 2. The second-order valence-corrected chi connectivity index (χ2v) is 4.27. The quantitative estimate of drug-likeness (QED) is 0.656. The molecule has 17 heavy (non-hydrogen) atoms. The Morgan fingerprint density at radius 2 is 1.82 bits per heavy atom. The van der Waals surface area contributed by atoms with E-state index in [0.717, 1.165) is 18.2 Å². The molecule has 0 amide bonds. The van der Waals surface area contributed by atoms with Crippen molar-refractivity contribution in [1.29, 1.82) is 0 Å². The first-order chi connectivity index (χ1) is 7.70. The van der Waals surface area contributed by atoms with Crippen molar-refractivity contribution in [2.45, 2.75) is 22.9 Å². The van der Waals surface area contributed by atoms with Gasteiger partial charge in [0.15, 0.2) is 0 Å². The van der Waals surface area contributed by atoms with Crippen LogP contribution in [0.5, 0.6) is 5.75 Å². The highest BCUT2D eigenvalue weighted by Crippen LogP contribution is 2.39. The lowest BCUT2D eigenvalue weighted by atomic mass is 10.1. The minimum atomic E-state index is -4.52. The Balaban J connectivity index is 3.02. The molecule has 0 fully saturated rings. The average Bonchev–Trinajstić information content (AvgIpc) is 2.17. The van der Waals surface area contributed by atoms with Gasteiger partial charge < -0.3 is 10.8 Å². The van der Waals surface area contributed by atoms with E-state index >= 15 is 0 Å². The number of phenolic OH excluding ortho intramolecular Hbond substituents is 1. The molecule has 0 saturated heterocycles. The first-order valence-corrected chi connectivity index (χ1v) is 5.15. The summed E-state index contributed by atoms with van der Waals surface area (Å²) in [6.45, 7) is 0. The van der Waals surface area contributed by atoms with Gasteiger partial charge in [-0.25, -0.2) is 8.78 Å². The van der Waals surface area contributed by atoms with Gasteiger partial charge in [-0.2, -0.15) is 13.2 Å². The normalized spacial score (nSPS) is 14.1. The second kappa shape index (κ2) is 5.09. The number of phenols is 1. The Morgan fingerprint density at radius 1 is 1.24 bits per heavy atom. The lowest BCUT2D eigenvalue weighted by Gasteiger charge is -2.14. The number of benzene rings is 1. The number of halogens is 5. The molecule has 0 aromatic heterocycles. The summed E-state index contributed by atoms with van der Waals surface area (Å²) in [4.78, 5) is -0.304. The predicted molar refractivity (Wildman–Crippen MR) is 53.0 cm³/mol. The van der Waals surface area contributed by atoms with Crippen LogP contribution in [-0.4, -0.2) is 17.0 Å². The van der Waals surface area contributed by atoms with E-state index in [1.807, 2.05) is 0 Å². The van der Waals surface area contributed by atoms with Crippen LogP contribution in [0.25, 0.3) is 0 Å². The molecule has 96 valence electrons. The predicted octanol–water partition coefficient (Wildman–Crippen LogP) is 3.27. The Labute approximate surface area is 97.6 Å². The van der Waals surface area contributed by atoms with Crippen LogP contribution >= 0.6 is 11.8 Å². The molecule has 0 radical (unpaired) electrons. The van der Waals surface area contributed by atoms with Crippen molar-refractivity contribution in [2.24, 2.45) is 5.73 Å². The zero-order valence-corrected chi connectivity index (χ0v) is 9.03. The maximum Gasteiger partial charge on any atom is 0.446 e. The van der Waals surface area contributed by atoms with Crippen molar-refractivity contribution in [1.82, 2.24) is 0 Å². The lowest BCUT2D eigenvalue weighted by molar-refractivity contribution is -0.0328. The van der Waals surface area contributed by atoms with Gasteiger partial charge in [0.25, 0.3) is 6.43 Å². The average molecular weight is 273 g/mol. The molecule has 1 aromatic carbocycles. The molecule has 0 heterocycles. The van der Waals surface area contributed by atoms with Gasteiger partial charge in [0.1, 0.15) is 5.75 Å². The van der Waals surface area contributed by atoms with Crippen LogP contribution in [0.4, 0.5) is 22.0 Å². The van der Waals surface area contributed by atoms with Gasteiger partial charge in [0.05, 0.1) is 6.04 Å². The van der Waals surface area contributed by atoms with Crippen molar-refractivity contribution >= 4 is 11.8 Å². The smallest absolute Gasteiger partial charge is 0.446 e. The first-order valence-electron chi connectivity index (χ1n) is 4.33. The Bertz CT molecular complexity index is 395. The van der Waals surface area contributed by atoms with Gasteiger partial charge in [0.2, 0.25) is 0 Å². The van der Waals surface area contributed by atoms with E-state index < -0.39 is 41.1 Å². The summed E-state index contributed by atoms with van der Waals surface area (Å²) < 4.78 is 60.8. The molecule has 0 bridgehead atoms. The van der Waals surface area contributed by atoms with Crippen LogP contribution in [0.15, 0.2) is 23.1 Å². The van der Waals surface area contributed by atoms with Crippen LogP contribution in [-0.2, 0) is 0 Å². The summed E-state index contributed by atoms with van der Waals surface area (Å²) in [6.07, 6.45) is -2.97. The van der Waals surface area contributed by atoms with Crippen LogP contribution in [0.1, 0.15) is 11.6 Å². The van der Waals surface area contributed by atoms with E-state index in [1.165, 1.54) is 0 Å². The molecule has 0 saturated carbocycles. The van der Waals surface area contributed by atoms with Crippen molar-refractivity contribution in [3.05, 3.63) is 23.8 Å². The Morgan fingerprint density at radius 3 is 2.29 bits per heavy atom. The van der Waals surface area contributed by atoms with Crippen LogP contribution < -0.4 is 5.73 Å². The summed E-state index contributed by atoms with van der Waals surface area (Å²) in [5, 5.41) is 9.25. The van der Waals surface area contributed by atoms with Crippen molar-refractivity contribution < 1.29 is 27.1 Å². The molecular formula is C9H8F5NOS. The van der Waals surface area contributed by atoms with E-state index in [9.17, 15) is 27.1 Å². The van der Waals surface area contributed by atoms with Gasteiger partial charge in [-0.15, -0.1) is 0 Å². The first kappa shape index (κ1) is 14.0. The van der Waals surface area contributed by atoms with Crippen LogP contribution in [0.2, 0.25) is 0 Å². The third kappa shape index (κ3) is 4.04. The fraction of sp³-hybridized carbons (Fsp3) is 0.333. The van der Waals surface area contributed by atoms with Crippen molar-refractivity contribution in [2.75, 3.05) is 0 Å².